The molecule has 0 saturated carbocycles. The maximum Gasteiger partial charge on any atom is 0.269 e. The second-order valence-corrected chi connectivity index (χ2v) is 9.17. The SMILES string of the molecule is CCN1CCN(Cc2ccc(CNC(=O)C(C)Sc3ccc([N+](=O)[O-])cc3)cc2)CC1. The van der Waals surface area contributed by atoms with Gasteiger partial charge < -0.3 is 10.2 Å². The Morgan fingerprint density at radius 2 is 1.61 bits per heavy atom. The molecule has 1 aliphatic rings. The van der Waals surface area contributed by atoms with E-state index < -0.39 is 4.92 Å². The molecule has 1 fully saturated rings. The Balaban J connectivity index is 1.42. The molecular formula is C23H30N4O3S. The first-order valence-corrected chi connectivity index (χ1v) is 11.5. The molecule has 1 unspecified atom stereocenters. The van der Waals surface area contributed by atoms with Crippen LogP contribution in [-0.2, 0) is 17.9 Å². The number of hydrogen-bond acceptors (Lipinski definition) is 6. The maximum atomic E-state index is 12.4. The fourth-order valence-corrected chi connectivity index (χ4v) is 4.41. The Morgan fingerprint density at radius 3 is 2.19 bits per heavy atom. The van der Waals surface area contributed by atoms with E-state index in [4.69, 9.17) is 0 Å². The molecule has 0 spiro atoms. The molecule has 1 saturated heterocycles. The number of non-ortho nitro benzene ring substituents is 1. The van der Waals surface area contributed by atoms with E-state index in [0.29, 0.717) is 6.54 Å². The molecular weight excluding hydrogens is 412 g/mol. The minimum absolute atomic E-state index is 0.0492. The van der Waals surface area contributed by atoms with Crippen molar-refractivity contribution in [1.82, 2.24) is 15.1 Å². The molecule has 2 aromatic carbocycles. The van der Waals surface area contributed by atoms with E-state index >= 15 is 0 Å². The van der Waals surface area contributed by atoms with Crippen molar-refractivity contribution in [2.75, 3.05) is 32.7 Å². The van der Waals surface area contributed by atoms with Crippen LogP contribution in [0.25, 0.3) is 0 Å². The number of benzene rings is 2. The zero-order chi connectivity index (χ0) is 22.2. The number of amides is 1. The summed E-state index contributed by atoms with van der Waals surface area (Å²) in [5.74, 6) is -0.0544. The maximum absolute atomic E-state index is 12.4. The van der Waals surface area contributed by atoms with Gasteiger partial charge in [0.1, 0.15) is 0 Å². The number of likely N-dealkylation sites (N-methyl/N-ethyl adjacent to an activating group) is 1. The van der Waals surface area contributed by atoms with E-state index in [-0.39, 0.29) is 16.8 Å². The Hall–Kier alpha value is -2.42. The van der Waals surface area contributed by atoms with Gasteiger partial charge in [0.25, 0.3) is 5.69 Å². The Kier molecular flexibility index (Phi) is 8.45. The monoisotopic (exact) mass is 442 g/mol. The second kappa shape index (κ2) is 11.3. The van der Waals surface area contributed by atoms with Crippen molar-refractivity contribution in [2.24, 2.45) is 0 Å². The van der Waals surface area contributed by atoms with Crippen LogP contribution in [0.3, 0.4) is 0 Å². The summed E-state index contributed by atoms with van der Waals surface area (Å²) in [7, 11) is 0. The number of thioether (sulfide) groups is 1. The van der Waals surface area contributed by atoms with Gasteiger partial charge in [-0.05, 0) is 36.7 Å². The van der Waals surface area contributed by atoms with Crippen LogP contribution < -0.4 is 5.32 Å². The third-order valence-electron chi connectivity index (χ3n) is 5.54. The fourth-order valence-electron chi connectivity index (χ4n) is 3.52. The zero-order valence-electron chi connectivity index (χ0n) is 18.1. The summed E-state index contributed by atoms with van der Waals surface area (Å²) >= 11 is 1.39. The molecule has 2 aromatic rings. The Labute approximate surface area is 188 Å². The smallest absolute Gasteiger partial charge is 0.269 e. The average molecular weight is 443 g/mol. The molecule has 0 radical (unpaired) electrons. The third kappa shape index (κ3) is 7.05. The van der Waals surface area contributed by atoms with E-state index in [9.17, 15) is 14.9 Å². The normalized spacial score (nSPS) is 16.1. The standard InChI is InChI=1S/C23H30N4O3S/c1-3-25-12-14-26(15-13-25)17-20-6-4-19(5-7-20)16-24-23(28)18(2)31-22-10-8-21(9-11-22)27(29)30/h4-11,18H,3,12-17H2,1-2H3,(H,24,28). The van der Waals surface area contributed by atoms with Crippen molar-refractivity contribution < 1.29 is 9.72 Å². The van der Waals surface area contributed by atoms with Crippen molar-refractivity contribution in [2.45, 2.75) is 37.1 Å². The highest BCUT2D eigenvalue weighted by atomic mass is 32.2. The summed E-state index contributed by atoms with van der Waals surface area (Å²) in [5, 5.41) is 13.4. The van der Waals surface area contributed by atoms with Crippen molar-refractivity contribution in [3.63, 3.8) is 0 Å². The molecule has 31 heavy (non-hydrogen) atoms. The summed E-state index contributed by atoms with van der Waals surface area (Å²) in [5.41, 5.74) is 2.41. The lowest BCUT2D eigenvalue weighted by atomic mass is 10.1. The number of nitro groups is 1. The minimum atomic E-state index is -0.428. The van der Waals surface area contributed by atoms with Gasteiger partial charge >= 0.3 is 0 Å². The third-order valence-corrected chi connectivity index (χ3v) is 6.65. The van der Waals surface area contributed by atoms with Crippen LogP contribution in [0.15, 0.2) is 53.4 Å². The van der Waals surface area contributed by atoms with Gasteiger partial charge in [-0.15, -0.1) is 11.8 Å². The summed E-state index contributed by atoms with van der Waals surface area (Å²) in [6.45, 7) is 11.1. The zero-order valence-corrected chi connectivity index (χ0v) is 18.9. The van der Waals surface area contributed by atoms with Crippen LogP contribution in [0, 0.1) is 10.1 Å². The Morgan fingerprint density at radius 1 is 1.03 bits per heavy atom. The highest BCUT2D eigenvalue weighted by molar-refractivity contribution is 8.00. The van der Waals surface area contributed by atoms with Gasteiger partial charge in [0.2, 0.25) is 5.91 Å². The molecule has 0 aliphatic carbocycles. The topological polar surface area (TPSA) is 78.7 Å². The number of piperazine rings is 1. The predicted molar refractivity (Wildman–Crippen MR) is 124 cm³/mol. The van der Waals surface area contributed by atoms with Gasteiger partial charge in [-0.3, -0.25) is 19.8 Å². The molecule has 1 N–H and O–H groups in total. The number of nitro benzene ring substituents is 1. The van der Waals surface area contributed by atoms with E-state index in [2.05, 4.69) is 46.3 Å². The minimum Gasteiger partial charge on any atom is -0.351 e. The number of hydrogen-bond donors (Lipinski definition) is 1. The van der Waals surface area contributed by atoms with Crippen LogP contribution in [0.1, 0.15) is 25.0 Å². The van der Waals surface area contributed by atoms with Crippen LogP contribution in [0.5, 0.6) is 0 Å². The van der Waals surface area contributed by atoms with Crippen molar-refractivity contribution in [1.29, 1.82) is 0 Å². The highest BCUT2D eigenvalue weighted by Crippen LogP contribution is 2.25. The molecule has 8 heteroatoms. The fraction of sp³-hybridized carbons (Fsp3) is 0.435. The molecule has 166 valence electrons. The molecule has 3 rings (SSSR count). The van der Waals surface area contributed by atoms with Gasteiger partial charge in [0, 0.05) is 56.3 Å². The molecule has 1 amide bonds. The quantitative estimate of drug-likeness (QED) is 0.364. The van der Waals surface area contributed by atoms with Crippen molar-refractivity contribution >= 4 is 23.4 Å². The number of carbonyl (C=O) groups excluding carboxylic acids is 1. The summed E-state index contributed by atoms with van der Waals surface area (Å²) in [6, 6.07) is 14.7. The first-order chi connectivity index (χ1) is 14.9. The van der Waals surface area contributed by atoms with Gasteiger partial charge in [-0.25, -0.2) is 0 Å². The molecule has 0 aromatic heterocycles. The lowest BCUT2D eigenvalue weighted by Crippen LogP contribution is -2.45. The summed E-state index contributed by atoms with van der Waals surface area (Å²) in [6.07, 6.45) is 0. The van der Waals surface area contributed by atoms with Gasteiger partial charge in [-0.2, -0.15) is 0 Å². The van der Waals surface area contributed by atoms with Gasteiger partial charge in [-0.1, -0.05) is 31.2 Å². The molecule has 1 aliphatic heterocycles. The van der Waals surface area contributed by atoms with Crippen LogP contribution >= 0.6 is 11.8 Å². The second-order valence-electron chi connectivity index (χ2n) is 7.76. The van der Waals surface area contributed by atoms with Crippen molar-refractivity contribution in [3.05, 3.63) is 69.8 Å². The highest BCUT2D eigenvalue weighted by Gasteiger charge is 2.16. The lowest BCUT2D eigenvalue weighted by Gasteiger charge is -2.34. The lowest BCUT2D eigenvalue weighted by molar-refractivity contribution is -0.384. The van der Waals surface area contributed by atoms with Crippen LogP contribution in [0.4, 0.5) is 5.69 Å². The predicted octanol–water partition coefficient (Wildman–Crippen LogP) is 3.53. The number of carbonyl (C=O) groups is 1. The van der Waals surface area contributed by atoms with E-state index in [0.717, 1.165) is 49.7 Å². The van der Waals surface area contributed by atoms with Crippen LogP contribution in [-0.4, -0.2) is 58.6 Å². The number of nitrogens with one attached hydrogen (secondary N) is 1. The van der Waals surface area contributed by atoms with E-state index in [1.807, 2.05) is 6.92 Å². The summed E-state index contributed by atoms with van der Waals surface area (Å²) < 4.78 is 0. The number of rotatable bonds is 9. The van der Waals surface area contributed by atoms with Crippen LogP contribution in [0.2, 0.25) is 0 Å². The molecule has 1 heterocycles. The Bertz CT molecular complexity index is 865. The average Bonchev–Trinajstić information content (AvgIpc) is 2.79. The first-order valence-electron chi connectivity index (χ1n) is 10.7. The van der Waals surface area contributed by atoms with Gasteiger partial charge in [0.05, 0.1) is 10.2 Å². The van der Waals surface area contributed by atoms with E-state index in [1.54, 1.807) is 12.1 Å². The van der Waals surface area contributed by atoms with Crippen molar-refractivity contribution in [3.8, 4) is 0 Å². The molecule has 0 bridgehead atoms. The largest absolute Gasteiger partial charge is 0.351 e. The summed E-state index contributed by atoms with van der Waals surface area (Å²) in [4.78, 5) is 28.5. The first kappa shape index (κ1) is 23.2. The molecule has 1 atom stereocenters. The number of nitrogens with zero attached hydrogens (tertiary/aromatic N) is 3. The van der Waals surface area contributed by atoms with E-state index in [1.165, 1.54) is 29.5 Å². The molecule has 7 nitrogen and oxygen atoms in total. The van der Waals surface area contributed by atoms with Gasteiger partial charge in [0.15, 0.2) is 0 Å².